The minimum atomic E-state index is 0.602. The van der Waals surface area contributed by atoms with Crippen molar-refractivity contribution in [2.45, 2.75) is 19.8 Å². The zero-order chi connectivity index (χ0) is 14.7. The van der Waals surface area contributed by atoms with E-state index in [-0.39, 0.29) is 0 Å². The molecular weight excluding hydrogens is 264 g/mol. The number of nitrogens with one attached hydrogen (secondary N) is 1. The fraction of sp³-hybridized carbons (Fsp3) is 0.250. The van der Waals surface area contributed by atoms with E-state index in [1.165, 1.54) is 5.56 Å². The van der Waals surface area contributed by atoms with E-state index >= 15 is 0 Å². The lowest BCUT2D eigenvalue weighted by molar-refractivity contribution is 0.328. The van der Waals surface area contributed by atoms with Crippen LogP contribution in [0.25, 0.3) is 11.2 Å². The van der Waals surface area contributed by atoms with Crippen molar-refractivity contribution in [2.24, 2.45) is 0 Å². The number of fused-ring (bicyclic) bond motifs is 1. The number of nitrogen functional groups attached to an aromatic ring is 1. The van der Waals surface area contributed by atoms with Gasteiger partial charge in [0.05, 0.1) is 12.1 Å². The zero-order valence-electron chi connectivity index (χ0n) is 12.0. The molecule has 21 heavy (non-hydrogen) atoms. The number of aryl methyl sites for hydroxylation is 2. The molecule has 5 nitrogen and oxygen atoms in total. The van der Waals surface area contributed by atoms with Crippen molar-refractivity contribution in [1.29, 1.82) is 0 Å². The Labute approximate surface area is 123 Å². The molecule has 1 aromatic carbocycles. The summed E-state index contributed by atoms with van der Waals surface area (Å²) in [5, 5.41) is 0. The standard InChI is InChI=1S/C16H18N4O/c1-2-21-15-9-7-13-16(20-15)19-14(18-13)8-6-11-4-3-5-12(17)10-11/h3-5,7,9-10H,2,6,8,17H2,1H3,(H,18,19,20). The van der Waals surface area contributed by atoms with Crippen molar-refractivity contribution in [2.75, 3.05) is 12.3 Å². The molecule has 0 fully saturated rings. The summed E-state index contributed by atoms with van der Waals surface area (Å²) in [7, 11) is 0. The van der Waals surface area contributed by atoms with Gasteiger partial charge in [-0.3, -0.25) is 0 Å². The van der Waals surface area contributed by atoms with Crippen LogP contribution in [0.5, 0.6) is 5.88 Å². The molecule has 0 aliphatic heterocycles. The average Bonchev–Trinajstić information content (AvgIpc) is 2.88. The molecule has 108 valence electrons. The summed E-state index contributed by atoms with van der Waals surface area (Å²) in [6, 6.07) is 11.7. The molecule has 0 atom stereocenters. The zero-order valence-corrected chi connectivity index (χ0v) is 12.0. The van der Waals surface area contributed by atoms with Crippen LogP contribution in [0.15, 0.2) is 36.4 Å². The molecule has 0 saturated carbocycles. The number of anilines is 1. The average molecular weight is 282 g/mol. The van der Waals surface area contributed by atoms with Gasteiger partial charge in [0.2, 0.25) is 5.88 Å². The van der Waals surface area contributed by atoms with Crippen molar-refractivity contribution < 1.29 is 4.74 Å². The highest BCUT2D eigenvalue weighted by molar-refractivity contribution is 5.71. The van der Waals surface area contributed by atoms with Crippen LogP contribution in [0.2, 0.25) is 0 Å². The lowest BCUT2D eigenvalue weighted by Crippen LogP contribution is -1.95. The van der Waals surface area contributed by atoms with Gasteiger partial charge in [0.1, 0.15) is 5.82 Å². The number of rotatable bonds is 5. The number of ether oxygens (including phenoxy) is 1. The predicted octanol–water partition coefficient (Wildman–Crippen LogP) is 2.72. The van der Waals surface area contributed by atoms with Crippen LogP contribution in [0, 0.1) is 0 Å². The Morgan fingerprint density at radius 2 is 2.05 bits per heavy atom. The SMILES string of the molecule is CCOc1ccc2[nH]c(CCc3cccc(N)c3)nc2n1. The van der Waals surface area contributed by atoms with Gasteiger partial charge in [-0.05, 0) is 37.1 Å². The summed E-state index contributed by atoms with van der Waals surface area (Å²) >= 11 is 0. The van der Waals surface area contributed by atoms with E-state index < -0.39 is 0 Å². The first-order chi connectivity index (χ1) is 10.2. The first-order valence-electron chi connectivity index (χ1n) is 7.07. The Balaban J connectivity index is 1.75. The highest BCUT2D eigenvalue weighted by atomic mass is 16.5. The summed E-state index contributed by atoms with van der Waals surface area (Å²) in [5.74, 6) is 1.53. The second-order valence-electron chi connectivity index (χ2n) is 4.88. The van der Waals surface area contributed by atoms with Crippen LogP contribution in [0.3, 0.4) is 0 Å². The molecule has 0 unspecified atom stereocenters. The molecule has 2 heterocycles. The number of H-pyrrole nitrogens is 1. The third kappa shape index (κ3) is 3.13. The summed E-state index contributed by atoms with van der Waals surface area (Å²) < 4.78 is 5.39. The predicted molar refractivity (Wildman–Crippen MR) is 83.3 cm³/mol. The summed E-state index contributed by atoms with van der Waals surface area (Å²) in [6.07, 6.45) is 1.72. The Morgan fingerprint density at radius 3 is 2.86 bits per heavy atom. The maximum Gasteiger partial charge on any atom is 0.215 e. The van der Waals surface area contributed by atoms with Crippen molar-refractivity contribution >= 4 is 16.9 Å². The Morgan fingerprint density at radius 1 is 1.14 bits per heavy atom. The molecule has 0 aliphatic carbocycles. The van der Waals surface area contributed by atoms with Crippen molar-refractivity contribution in [3.8, 4) is 5.88 Å². The fourth-order valence-corrected chi connectivity index (χ4v) is 2.28. The monoisotopic (exact) mass is 282 g/mol. The van der Waals surface area contributed by atoms with Crippen LogP contribution < -0.4 is 10.5 Å². The van der Waals surface area contributed by atoms with E-state index in [2.05, 4.69) is 21.0 Å². The summed E-state index contributed by atoms with van der Waals surface area (Å²) in [4.78, 5) is 12.2. The van der Waals surface area contributed by atoms with Gasteiger partial charge in [0.25, 0.3) is 0 Å². The molecule has 2 aromatic heterocycles. The molecule has 0 amide bonds. The Kier molecular flexibility index (Phi) is 3.73. The molecule has 0 saturated heterocycles. The summed E-state index contributed by atoms with van der Waals surface area (Å²) in [5.41, 5.74) is 9.41. The fourth-order valence-electron chi connectivity index (χ4n) is 2.28. The number of nitrogens with two attached hydrogens (primary N) is 1. The van der Waals surface area contributed by atoms with E-state index in [0.717, 1.165) is 29.9 Å². The van der Waals surface area contributed by atoms with E-state index in [1.807, 2.05) is 37.3 Å². The molecule has 5 heteroatoms. The van der Waals surface area contributed by atoms with E-state index in [9.17, 15) is 0 Å². The van der Waals surface area contributed by atoms with Gasteiger partial charge in [-0.1, -0.05) is 12.1 Å². The molecule has 3 aromatic rings. The van der Waals surface area contributed by atoms with Gasteiger partial charge in [-0.2, -0.15) is 4.98 Å². The molecule has 0 bridgehead atoms. The second-order valence-corrected chi connectivity index (χ2v) is 4.88. The van der Waals surface area contributed by atoms with E-state index in [0.29, 0.717) is 18.1 Å². The summed E-state index contributed by atoms with van der Waals surface area (Å²) in [6.45, 7) is 2.54. The molecular formula is C16H18N4O. The van der Waals surface area contributed by atoms with Gasteiger partial charge in [0.15, 0.2) is 5.65 Å². The number of benzene rings is 1. The molecule has 0 spiro atoms. The Bertz CT molecular complexity index is 751. The topological polar surface area (TPSA) is 76.8 Å². The number of hydrogen-bond acceptors (Lipinski definition) is 4. The third-order valence-corrected chi connectivity index (χ3v) is 3.26. The Hall–Kier alpha value is -2.56. The first kappa shape index (κ1) is 13.4. The van der Waals surface area contributed by atoms with Gasteiger partial charge < -0.3 is 15.5 Å². The quantitative estimate of drug-likeness (QED) is 0.705. The van der Waals surface area contributed by atoms with Gasteiger partial charge >= 0.3 is 0 Å². The largest absolute Gasteiger partial charge is 0.478 e. The van der Waals surface area contributed by atoms with Crippen LogP contribution >= 0.6 is 0 Å². The van der Waals surface area contributed by atoms with Crippen LogP contribution in [0.4, 0.5) is 5.69 Å². The van der Waals surface area contributed by atoms with Crippen LogP contribution in [-0.2, 0) is 12.8 Å². The molecule has 3 rings (SSSR count). The molecule has 0 aliphatic rings. The smallest absolute Gasteiger partial charge is 0.215 e. The lowest BCUT2D eigenvalue weighted by atomic mass is 10.1. The van der Waals surface area contributed by atoms with Gasteiger partial charge in [-0.15, -0.1) is 0 Å². The first-order valence-corrected chi connectivity index (χ1v) is 7.07. The van der Waals surface area contributed by atoms with E-state index in [1.54, 1.807) is 0 Å². The number of aromatic amines is 1. The number of pyridine rings is 1. The normalized spacial score (nSPS) is 10.9. The number of aromatic nitrogens is 3. The van der Waals surface area contributed by atoms with E-state index in [4.69, 9.17) is 10.5 Å². The van der Waals surface area contributed by atoms with Crippen LogP contribution in [-0.4, -0.2) is 21.6 Å². The molecule has 0 radical (unpaired) electrons. The molecule has 3 N–H and O–H groups in total. The van der Waals surface area contributed by atoms with Gasteiger partial charge in [0, 0.05) is 18.2 Å². The lowest BCUT2D eigenvalue weighted by Gasteiger charge is -2.00. The number of imidazole rings is 1. The van der Waals surface area contributed by atoms with Crippen molar-refractivity contribution in [3.63, 3.8) is 0 Å². The minimum absolute atomic E-state index is 0.602. The maximum atomic E-state index is 5.79. The van der Waals surface area contributed by atoms with Crippen LogP contribution in [0.1, 0.15) is 18.3 Å². The third-order valence-electron chi connectivity index (χ3n) is 3.26. The number of nitrogens with zero attached hydrogens (tertiary/aromatic N) is 2. The second kappa shape index (κ2) is 5.83. The van der Waals surface area contributed by atoms with Gasteiger partial charge in [-0.25, -0.2) is 4.98 Å². The van der Waals surface area contributed by atoms with Crippen molar-refractivity contribution in [1.82, 2.24) is 15.0 Å². The van der Waals surface area contributed by atoms with Crippen molar-refractivity contribution in [3.05, 3.63) is 47.8 Å². The highest BCUT2D eigenvalue weighted by Gasteiger charge is 2.06. The number of hydrogen-bond donors (Lipinski definition) is 2. The minimum Gasteiger partial charge on any atom is -0.478 e. The highest BCUT2D eigenvalue weighted by Crippen LogP contribution is 2.16. The maximum absolute atomic E-state index is 5.79.